The summed E-state index contributed by atoms with van der Waals surface area (Å²) < 4.78 is 5.65. The number of rotatable bonds is 5. The molecule has 0 bridgehead atoms. The topological polar surface area (TPSA) is 69.4 Å². The molecular weight excluding hydrogens is 258 g/mol. The summed E-state index contributed by atoms with van der Waals surface area (Å²) in [6.07, 6.45) is 4.48. The fourth-order valence-electron chi connectivity index (χ4n) is 2.60. The number of nitro groups is 1. The zero-order valence-electron chi connectivity index (χ0n) is 11.6. The number of nitrogens with zero attached hydrogens (tertiary/aromatic N) is 1. The van der Waals surface area contributed by atoms with Crippen molar-refractivity contribution in [1.82, 2.24) is 0 Å². The number of ketones is 1. The highest BCUT2D eigenvalue weighted by atomic mass is 16.6. The van der Waals surface area contributed by atoms with Gasteiger partial charge in [-0.1, -0.05) is 31.9 Å². The lowest BCUT2D eigenvalue weighted by atomic mass is 9.89. The molecule has 2 unspecified atom stereocenters. The second kappa shape index (κ2) is 6.61. The van der Waals surface area contributed by atoms with Crippen molar-refractivity contribution in [2.24, 2.45) is 5.92 Å². The minimum absolute atomic E-state index is 0.00143. The van der Waals surface area contributed by atoms with Gasteiger partial charge in [-0.15, -0.1) is 0 Å². The Bertz CT molecular complexity index is 500. The van der Waals surface area contributed by atoms with Crippen LogP contribution in [0.4, 0.5) is 5.69 Å². The third-order valence-electron chi connectivity index (χ3n) is 3.72. The van der Waals surface area contributed by atoms with Crippen molar-refractivity contribution in [2.45, 2.75) is 38.7 Å². The van der Waals surface area contributed by atoms with Crippen LogP contribution in [0.2, 0.25) is 0 Å². The van der Waals surface area contributed by atoms with E-state index in [4.69, 9.17) is 4.74 Å². The van der Waals surface area contributed by atoms with Crippen LogP contribution in [0.3, 0.4) is 0 Å². The third kappa shape index (κ3) is 3.87. The normalized spacial score (nSPS) is 22.4. The van der Waals surface area contributed by atoms with E-state index < -0.39 is 4.92 Å². The monoisotopic (exact) mass is 277 g/mol. The maximum Gasteiger partial charge on any atom is 0.270 e. The number of Topliss-reactive ketones (excluding diaryl/α,β-unsaturated/α-hetero) is 1. The van der Waals surface area contributed by atoms with Crippen molar-refractivity contribution in [1.29, 1.82) is 0 Å². The first-order chi connectivity index (χ1) is 9.56. The van der Waals surface area contributed by atoms with E-state index in [2.05, 4.69) is 6.92 Å². The van der Waals surface area contributed by atoms with Crippen LogP contribution < -0.4 is 0 Å². The van der Waals surface area contributed by atoms with Crippen molar-refractivity contribution in [2.75, 3.05) is 6.61 Å². The van der Waals surface area contributed by atoms with E-state index >= 15 is 0 Å². The van der Waals surface area contributed by atoms with E-state index in [1.54, 1.807) is 6.07 Å². The van der Waals surface area contributed by atoms with Gasteiger partial charge in [0.05, 0.1) is 11.0 Å². The molecule has 20 heavy (non-hydrogen) atoms. The lowest BCUT2D eigenvalue weighted by Gasteiger charge is -2.26. The summed E-state index contributed by atoms with van der Waals surface area (Å²) >= 11 is 0. The van der Waals surface area contributed by atoms with Crippen molar-refractivity contribution in [3.63, 3.8) is 0 Å². The Balaban J connectivity index is 1.91. The number of ether oxygens (including phenoxy) is 1. The van der Waals surface area contributed by atoms with E-state index in [1.165, 1.54) is 24.6 Å². The van der Waals surface area contributed by atoms with Gasteiger partial charge in [0.25, 0.3) is 5.69 Å². The fraction of sp³-hybridized carbons (Fsp3) is 0.533. The van der Waals surface area contributed by atoms with Gasteiger partial charge in [0.1, 0.15) is 6.61 Å². The minimum Gasteiger partial charge on any atom is -0.370 e. The van der Waals surface area contributed by atoms with Crippen LogP contribution in [-0.2, 0) is 4.74 Å². The number of non-ortho nitro benzene ring substituents is 1. The summed E-state index contributed by atoms with van der Waals surface area (Å²) in [5.74, 6) is 0.439. The molecule has 0 aliphatic heterocycles. The van der Waals surface area contributed by atoms with Crippen LogP contribution in [0.15, 0.2) is 24.3 Å². The molecule has 1 aliphatic rings. The van der Waals surface area contributed by atoms with Gasteiger partial charge in [0, 0.05) is 17.7 Å². The Kier molecular flexibility index (Phi) is 4.84. The SMILES string of the molecule is CC1CCCC(OCC(=O)c2cccc([N+](=O)[O-])c2)C1. The molecule has 1 saturated carbocycles. The molecule has 2 rings (SSSR count). The summed E-state index contributed by atoms with van der Waals surface area (Å²) in [4.78, 5) is 22.2. The fourth-order valence-corrected chi connectivity index (χ4v) is 2.60. The number of benzene rings is 1. The van der Waals surface area contributed by atoms with Gasteiger partial charge in [0.2, 0.25) is 0 Å². The largest absolute Gasteiger partial charge is 0.370 e. The molecule has 0 heterocycles. The lowest BCUT2D eigenvalue weighted by molar-refractivity contribution is -0.384. The third-order valence-corrected chi connectivity index (χ3v) is 3.72. The molecule has 1 aromatic carbocycles. The summed E-state index contributed by atoms with van der Waals surface area (Å²) in [5, 5.41) is 10.7. The molecule has 2 atom stereocenters. The van der Waals surface area contributed by atoms with Crippen molar-refractivity contribution >= 4 is 11.5 Å². The summed E-state index contributed by atoms with van der Waals surface area (Å²) in [5.41, 5.74) is 0.269. The second-order valence-corrected chi connectivity index (χ2v) is 5.44. The first-order valence-electron chi connectivity index (χ1n) is 6.95. The lowest BCUT2D eigenvalue weighted by Crippen LogP contribution is -2.24. The molecule has 0 spiro atoms. The Morgan fingerprint density at radius 1 is 1.45 bits per heavy atom. The van der Waals surface area contributed by atoms with Gasteiger partial charge >= 0.3 is 0 Å². The van der Waals surface area contributed by atoms with Gasteiger partial charge in [-0.25, -0.2) is 0 Å². The molecule has 1 aliphatic carbocycles. The predicted molar refractivity (Wildman–Crippen MR) is 74.8 cm³/mol. The Hall–Kier alpha value is -1.75. The average molecular weight is 277 g/mol. The average Bonchev–Trinajstić information content (AvgIpc) is 2.45. The van der Waals surface area contributed by atoms with Gasteiger partial charge in [-0.05, 0) is 18.8 Å². The number of carbonyl (C=O) groups excluding carboxylic acids is 1. The van der Waals surface area contributed by atoms with E-state index in [0.717, 1.165) is 19.3 Å². The molecule has 108 valence electrons. The number of carbonyl (C=O) groups is 1. The van der Waals surface area contributed by atoms with Gasteiger partial charge < -0.3 is 4.74 Å². The first kappa shape index (κ1) is 14.7. The van der Waals surface area contributed by atoms with Gasteiger partial charge in [0.15, 0.2) is 5.78 Å². The van der Waals surface area contributed by atoms with Gasteiger partial charge in [-0.2, -0.15) is 0 Å². The highest BCUT2D eigenvalue weighted by Gasteiger charge is 2.20. The summed E-state index contributed by atoms with van der Waals surface area (Å²) in [6, 6.07) is 5.78. The molecule has 0 N–H and O–H groups in total. The van der Waals surface area contributed by atoms with Crippen LogP contribution >= 0.6 is 0 Å². The minimum atomic E-state index is -0.500. The van der Waals surface area contributed by atoms with E-state index in [0.29, 0.717) is 11.5 Å². The van der Waals surface area contributed by atoms with Crippen molar-refractivity contribution in [3.8, 4) is 0 Å². The summed E-state index contributed by atoms with van der Waals surface area (Å²) in [7, 11) is 0. The maximum atomic E-state index is 12.0. The van der Waals surface area contributed by atoms with Crippen LogP contribution in [-0.4, -0.2) is 23.4 Å². The van der Waals surface area contributed by atoms with Gasteiger partial charge in [-0.3, -0.25) is 14.9 Å². The molecule has 1 fully saturated rings. The zero-order chi connectivity index (χ0) is 14.5. The highest BCUT2D eigenvalue weighted by molar-refractivity contribution is 5.97. The molecular formula is C15H19NO4. The van der Waals surface area contributed by atoms with Crippen LogP contribution in [0, 0.1) is 16.0 Å². The quantitative estimate of drug-likeness (QED) is 0.470. The second-order valence-electron chi connectivity index (χ2n) is 5.44. The van der Waals surface area contributed by atoms with Crippen LogP contribution in [0.25, 0.3) is 0 Å². The molecule has 0 amide bonds. The van der Waals surface area contributed by atoms with E-state index in [1.807, 2.05) is 0 Å². The van der Waals surface area contributed by atoms with Crippen LogP contribution in [0.1, 0.15) is 43.0 Å². The van der Waals surface area contributed by atoms with E-state index in [9.17, 15) is 14.9 Å². The molecule has 5 heteroatoms. The smallest absolute Gasteiger partial charge is 0.270 e. The molecule has 0 aromatic heterocycles. The van der Waals surface area contributed by atoms with Crippen LogP contribution in [0.5, 0.6) is 0 Å². The highest BCUT2D eigenvalue weighted by Crippen LogP contribution is 2.25. The molecule has 0 radical (unpaired) electrons. The van der Waals surface area contributed by atoms with Crippen molar-refractivity contribution < 1.29 is 14.5 Å². The summed E-state index contributed by atoms with van der Waals surface area (Å²) in [6.45, 7) is 2.19. The maximum absolute atomic E-state index is 12.0. The standard InChI is InChI=1S/C15H19NO4/c1-11-4-2-7-14(8-11)20-10-15(17)12-5-3-6-13(9-12)16(18)19/h3,5-6,9,11,14H,2,4,7-8,10H2,1H3. The first-order valence-corrected chi connectivity index (χ1v) is 6.95. The Labute approximate surface area is 118 Å². The molecule has 5 nitrogen and oxygen atoms in total. The molecule has 0 saturated heterocycles. The zero-order valence-corrected chi connectivity index (χ0v) is 11.6. The molecule has 1 aromatic rings. The predicted octanol–water partition coefficient (Wildman–Crippen LogP) is 3.37. The number of hydrogen-bond acceptors (Lipinski definition) is 4. The Morgan fingerprint density at radius 2 is 2.25 bits per heavy atom. The van der Waals surface area contributed by atoms with E-state index in [-0.39, 0.29) is 24.2 Å². The number of nitro benzene ring substituents is 1. The van der Waals surface area contributed by atoms with Crippen molar-refractivity contribution in [3.05, 3.63) is 39.9 Å². The number of hydrogen-bond donors (Lipinski definition) is 0. The Morgan fingerprint density at radius 3 is 2.95 bits per heavy atom.